The summed E-state index contributed by atoms with van der Waals surface area (Å²) < 4.78 is 55.5. The van der Waals surface area contributed by atoms with Crippen molar-refractivity contribution in [1.82, 2.24) is 0 Å². The SMILES string of the molecule is CC(C)(C1CCC2OC2C1)C1CCC2OC2C1.CC(C)(c1ccc(OCC2CO2)cc1)c1ccc(OCC2CO2)cc1.Cc1cc(-c2cc(C)c(OCC3CO3)c(C)c2)cc(C)c1OCC1CO1. The topological polar surface area (TPSA) is 112 Å². The highest BCUT2D eigenvalue weighted by Gasteiger charge is 2.53. The van der Waals surface area contributed by atoms with E-state index in [1.165, 1.54) is 60.8 Å². The second kappa shape index (κ2) is 19.9. The van der Waals surface area contributed by atoms with Gasteiger partial charge in [0, 0.05) is 5.41 Å². The lowest BCUT2D eigenvalue weighted by atomic mass is 9.61. The number of aryl methyl sites for hydroxylation is 4. The van der Waals surface area contributed by atoms with E-state index in [1.807, 2.05) is 24.3 Å². The molecule has 8 aliphatic rings. The molecule has 10 atom stereocenters. The molecule has 10 heteroatoms. The Morgan fingerprint density at radius 2 is 0.765 bits per heavy atom. The summed E-state index contributed by atoms with van der Waals surface area (Å²) in [6.07, 6.45) is 11.7. The summed E-state index contributed by atoms with van der Waals surface area (Å²) >= 11 is 0. The maximum Gasteiger partial charge on any atom is 0.125 e. The molecular weight excluding hydrogens is 857 g/mol. The third-order valence-electron chi connectivity index (χ3n) is 15.8. The van der Waals surface area contributed by atoms with E-state index in [0.717, 1.165) is 83.5 Å². The van der Waals surface area contributed by atoms with Crippen LogP contribution in [0.5, 0.6) is 23.0 Å². The molecule has 6 heterocycles. The fourth-order valence-electron chi connectivity index (χ4n) is 10.7. The van der Waals surface area contributed by atoms with E-state index in [9.17, 15) is 0 Å². The lowest BCUT2D eigenvalue weighted by Crippen LogP contribution is -2.37. The van der Waals surface area contributed by atoms with Gasteiger partial charge in [-0.15, -0.1) is 0 Å². The number of rotatable bonds is 17. The smallest absolute Gasteiger partial charge is 0.125 e. The Bertz CT molecular complexity index is 2130. The van der Waals surface area contributed by atoms with Crippen molar-refractivity contribution >= 4 is 0 Å². The van der Waals surface area contributed by atoms with E-state index in [-0.39, 0.29) is 29.8 Å². The zero-order valence-corrected chi connectivity index (χ0v) is 41.7. The maximum absolute atomic E-state index is 5.95. The number of epoxide rings is 6. The van der Waals surface area contributed by atoms with Crippen molar-refractivity contribution in [1.29, 1.82) is 0 Å². The third-order valence-corrected chi connectivity index (χ3v) is 15.8. The van der Waals surface area contributed by atoms with Crippen molar-refractivity contribution in [2.24, 2.45) is 17.3 Å². The van der Waals surface area contributed by atoms with Crippen molar-refractivity contribution < 1.29 is 47.4 Å². The predicted octanol–water partition coefficient (Wildman–Crippen LogP) is 10.9. The zero-order valence-electron chi connectivity index (χ0n) is 41.7. The van der Waals surface area contributed by atoms with Gasteiger partial charge in [0.15, 0.2) is 0 Å². The first kappa shape index (κ1) is 47.5. The van der Waals surface area contributed by atoms with E-state index in [0.29, 0.717) is 56.3 Å². The second-order valence-corrected chi connectivity index (χ2v) is 21.9. The van der Waals surface area contributed by atoms with Crippen LogP contribution >= 0.6 is 0 Å². The van der Waals surface area contributed by atoms with E-state index in [4.69, 9.17) is 47.4 Å². The summed E-state index contributed by atoms with van der Waals surface area (Å²) in [5, 5.41) is 0. The van der Waals surface area contributed by atoms with Crippen LogP contribution in [0.25, 0.3) is 11.1 Å². The van der Waals surface area contributed by atoms with Gasteiger partial charge in [0.25, 0.3) is 0 Å². The molecule has 4 aromatic carbocycles. The molecular formula is C58H74O10. The highest BCUT2D eigenvalue weighted by molar-refractivity contribution is 5.70. The second-order valence-electron chi connectivity index (χ2n) is 21.9. The maximum atomic E-state index is 5.95. The Kier molecular flexibility index (Phi) is 13.9. The molecule has 0 bridgehead atoms. The summed E-state index contributed by atoms with van der Waals surface area (Å²) in [6, 6.07) is 25.5. The Labute approximate surface area is 404 Å². The standard InChI is InChI=1S/C22H26O4.C21H24O4.C15H24O2/c1-13-5-17(6-14(2)21(13)25-11-19-9-23-19)18-7-15(3)22(16(4)8-18)26-12-20-10-24-20;1-21(2,15-3-7-17(8-4-15)22-11-19-13-24-19)16-5-9-18(10-6-16)23-12-20-14-25-20;1-15(2,9-3-5-11-13(7-9)16-11)10-4-6-12-14(8-10)17-12/h5-8,19-20H,9-12H2,1-4H3;3-10,19-20H,11-14H2,1-2H3;9-14H,3-8H2,1-2H3. The fraction of sp³-hybridized carbons (Fsp3) is 0.586. The molecule has 2 aliphatic carbocycles. The molecule has 68 heavy (non-hydrogen) atoms. The zero-order chi connectivity index (χ0) is 47.2. The molecule has 10 nitrogen and oxygen atoms in total. The number of hydrogen-bond acceptors (Lipinski definition) is 10. The van der Waals surface area contributed by atoms with Crippen LogP contribution in [0.3, 0.4) is 0 Å². The van der Waals surface area contributed by atoms with Crippen molar-refractivity contribution in [3.8, 4) is 34.1 Å². The summed E-state index contributed by atoms with van der Waals surface area (Å²) in [5.74, 6) is 5.49. The van der Waals surface area contributed by atoms with Gasteiger partial charge in [-0.3, -0.25) is 0 Å². The predicted molar refractivity (Wildman–Crippen MR) is 263 cm³/mol. The molecule has 8 fully saturated rings. The number of hydrogen-bond donors (Lipinski definition) is 0. The van der Waals surface area contributed by atoms with E-state index in [1.54, 1.807) is 0 Å². The van der Waals surface area contributed by atoms with Gasteiger partial charge in [-0.2, -0.15) is 0 Å². The van der Waals surface area contributed by atoms with Crippen LogP contribution in [0, 0.1) is 44.9 Å². The third kappa shape index (κ3) is 12.0. The molecule has 6 saturated heterocycles. The van der Waals surface area contributed by atoms with Gasteiger partial charge >= 0.3 is 0 Å². The van der Waals surface area contributed by atoms with Crippen LogP contribution in [0.4, 0.5) is 0 Å². The number of ether oxygens (including phenoxy) is 10. The number of benzene rings is 4. The quantitative estimate of drug-likeness (QED) is 0.0949. The molecule has 0 aromatic heterocycles. The average Bonchev–Trinajstić information content (AvgIpc) is 4.11. The van der Waals surface area contributed by atoms with E-state index < -0.39 is 0 Å². The first-order valence-electron chi connectivity index (χ1n) is 25.5. The van der Waals surface area contributed by atoms with Crippen LogP contribution in [-0.4, -0.2) is 102 Å². The van der Waals surface area contributed by atoms with Gasteiger partial charge in [-0.1, -0.05) is 52.0 Å². The molecule has 0 radical (unpaired) electrons. The molecule has 2 saturated carbocycles. The van der Waals surface area contributed by atoms with Crippen molar-refractivity contribution in [2.45, 2.75) is 148 Å². The average molecular weight is 931 g/mol. The molecule has 4 aromatic rings. The Hall–Kier alpha value is -4.16. The van der Waals surface area contributed by atoms with Crippen LogP contribution in [0.1, 0.15) is 99.6 Å². The molecule has 0 amide bonds. The van der Waals surface area contributed by atoms with Gasteiger partial charge in [-0.05, 0) is 177 Å². The lowest BCUT2D eigenvalue weighted by molar-refractivity contribution is 0.0678. The Morgan fingerprint density at radius 1 is 0.441 bits per heavy atom. The summed E-state index contributed by atoms with van der Waals surface area (Å²) in [5.41, 5.74) is 9.94. The lowest BCUT2D eigenvalue weighted by Gasteiger charge is -2.43. The van der Waals surface area contributed by atoms with E-state index in [2.05, 4.69) is 104 Å². The summed E-state index contributed by atoms with van der Waals surface area (Å²) in [4.78, 5) is 0. The monoisotopic (exact) mass is 931 g/mol. The van der Waals surface area contributed by atoms with Crippen molar-refractivity contribution in [2.75, 3.05) is 52.9 Å². The van der Waals surface area contributed by atoms with Gasteiger partial charge in [0.2, 0.25) is 0 Å². The normalized spacial score (nSPS) is 29.1. The Balaban J connectivity index is 0.000000121. The number of fused-ring (bicyclic) bond motifs is 2. The summed E-state index contributed by atoms with van der Waals surface area (Å²) in [6.45, 7) is 23.7. The fourth-order valence-corrected chi connectivity index (χ4v) is 10.7. The molecule has 366 valence electrons. The first-order chi connectivity index (χ1) is 32.8. The largest absolute Gasteiger partial charge is 0.491 e. The van der Waals surface area contributed by atoms with Crippen LogP contribution in [0.2, 0.25) is 0 Å². The van der Waals surface area contributed by atoms with Crippen molar-refractivity contribution in [3.05, 3.63) is 106 Å². The minimum Gasteiger partial charge on any atom is -0.491 e. The highest BCUT2D eigenvalue weighted by atomic mass is 16.6. The van der Waals surface area contributed by atoms with Crippen LogP contribution < -0.4 is 18.9 Å². The molecule has 10 unspecified atom stereocenters. The van der Waals surface area contributed by atoms with Gasteiger partial charge < -0.3 is 47.4 Å². The van der Waals surface area contributed by atoms with Crippen molar-refractivity contribution in [3.63, 3.8) is 0 Å². The first-order valence-corrected chi connectivity index (χ1v) is 25.5. The van der Waals surface area contributed by atoms with Crippen LogP contribution in [-0.2, 0) is 33.8 Å². The molecule has 12 rings (SSSR count). The minimum atomic E-state index is -0.0870. The van der Waals surface area contributed by atoms with Gasteiger partial charge in [-0.25, -0.2) is 0 Å². The summed E-state index contributed by atoms with van der Waals surface area (Å²) in [7, 11) is 0. The van der Waals surface area contributed by atoms with Gasteiger partial charge in [0.1, 0.15) is 73.8 Å². The Morgan fingerprint density at radius 3 is 1.07 bits per heavy atom. The minimum absolute atomic E-state index is 0.0870. The highest BCUT2D eigenvalue weighted by Crippen LogP contribution is 2.54. The molecule has 0 spiro atoms. The molecule has 0 N–H and O–H groups in total. The van der Waals surface area contributed by atoms with E-state index >= 15 is 0 Å². The van der Waals surface area contributed by atoms with Gasteiger partial charge in [0.05, 0.1) is 50.8 Å². The molecule has 6 aliphatic heterocycles. The van der Waals surface area contributed by atoms with Crippen LogP contribution in [0.15, 0.2) is 72.8 Å².